The Hall–Kier alpha value is -1.80. The molecule has 2 aliphatic carbocycles. The van der Waals surface area contributed by atoms with Crippen LogP contribution in [0.1, 0.15) is 34.1 Å². The van der Waals surface area contributed by atoms with Gasteiger partial charge in [-0.1, -0.05) is 54.1 Å². The molecule has 28 heavy (non-hydrogen) atoms. The molecule has 0 bridgehead atoms. The molecule has 0 aliphatic heterocycles. The highest BCUT2D eigenvalue weighted by molar-refractivity contribution is 5.56. The maximum absolute atomic E-state index is 11.5. The summed E-state index contributed by atoms with van der Waals surface area (Å²) in [5.41, 5.74) is -3.75. The number of hydrogen-bond donors (Lipinski definition) is 6. The van der Waals surface area contributed by atoms with Crippen molar-refractivity contribution in [2.45, 2.75) is 54.7 Å². The maximum atomic E-state index is 11.5. The minimum absolute atomic E-state index is 0.506. The highest BCUT2D eigenvalue weighted by Crippen LogP contribution is 2.75. The molecule has 2 saturated carbocycles. The van der Waals surface area contributed by atoms with Crippen molar-refractivity contribution in [2.75, 3.05) is 6.61 Å². The molecule has 7 atom stereocenters. The summed E-state index contributed by atoms with van der Waals surface area (Å²) in [5, 5.41) is 65.3. The number of fused-ring (bicyclic) bond motifs is 1. The van der Waals surface area contributed by atoms with Crippen molar-refractivity contribution in [3.05, 3.63) is 70.8 Å². The molecule has 4 rings (SSSR count). The monoisotopic (exact) mass is 386 g/mol. The molecule has 3 unspecified atom stereocenters. The van der Waals surface area contributed by atoms with E-state index in [4.69, 9.17) is 0 Å². The Morgan fingerprint density at radius 1 is 0.964 bits per heavy atom. The number of rotatable bonds is 4. The second-order valence-electron chi connectivity index (χ2n) is 8.24. The minimum Gasteiger partial charge on any atom is -0.394 e. The van der Waals surface area contributed by atoms with E-state index in [1.54, 1.807) is 43.3 Å². The molecule has 6 heteroatoms. The summed E-state index contributed by atoms with van der Waals surface area (Å²) in [7, 11) is 0. The maximum Gasteiger partial charge on any atom is 0.138 e. The van der Waals surface area contributed by atoms with Crippen molar-refractivity contribution < 1.29 is 30.6 Å². The van der Waals surface area contributed by atoms with Crippen LogP contribution in [0, 0.1) is 13.8 Å². The van der Waals surface area contributed by atoms with Gasteiger partial charge in [0.15, 0.2) is 0 Å². The highest BCUT2D eigenvalue weighted by atomic mass is 16.5. The topological polar surface area (TPSA) is 121 Å². The van der Waals surface area contributed by atoms with Crippen LogP contribution in [0.25, 0.3) is 0 Å². The second kappa shape index (κ2) is 6.10. The van der Waals surface area contributed by atoms with E-state index in [9.17, 15) is 30.6 Å². The lowest BCUT2D eigenvalue weighted by molar-refractivity contribution is -0.459. The van der Waals surface area contributed by atoms with Gasteiger partial charge in [-0.3, -0.25) is 0 Å². The first-order valence-corrected chi connectivity index (χ1v) is 9.41. The molecule has 0 amide bonds. The molecule has 0 heterocycles. The lowest BCUT2D eigenvalue weighted by atomic mass is 9.30. The van der Waals surface area contributed by atoms with Crippen LogP contribution >= 0.6 is 0 Å². The van der Waals surface area contributed by atoms with Crippen molar-refractivity contribution in [1.29, 1.82) is 0 Å². The lowest BCUT2D eigenvalue weighted by Crippen LogP contribution is -2.99. The Morgan fingerprint density at radius 3 is 2.14 bits per heavy atom. The molecule has 2 aliphatic rings. The first-order chi connectivity index (χ1) is 13.2. The van der Waals surface area contributed by atoms with Crippen LogP contribution in [0.15, 0.2) is 48.5 Å². The molecule has 0 spiro atoms. The summed E-state index contributed by atoms with van der Waals surface area (Å²) in [6.07, 6.45) is -3.06. The Morgan fingerprint density at radius 2 is 1.57 bits per heavy atom. The van der Waals surface area contributed by atoms with Gasteiger partial charge < -0.3 is 30.6 Å². The predicted octanol–water partition coefficient (Wildman–Crippen LogP) is 0.105. The van der Waals surface area contributed by atoms with Gasteiger partial charge in [-0.25, -0.2) is 0 Å². The largest absolute Gasteiger partial charge is 0.394 e. The second-order valence-corrected chi connectivity index (χ2v) is 8.24. The Balaban J connectivity index is 1.87. The quantitative estimate of drug-likeness (QED) is 0.444. The molecular weight excluding hydrogens is 360 g/mol. The van der Waals surface area contributed by atoms with E-state index in [1.165, 1.54) is 0 Å². The Labute approximate surface area is 163 Å². The summed E-state index contributed by atoms with van der Waals surface area (Å²) in [5.74, 6) is -2.17. The third-order valence-electron chi connectivity index (χ3n) is 6.93. The average molecular weight is 386 g/mol. The van der Waals surface area contributed by atoms with Gasteiger partial charge >= 0.3 is 0 Å². The number of aliphatic hydroxyl groups excluding tert-OH is 3. The zero-order valence-corrected chi connectivity index (χ0v) is 15.8. The summed E-state index contributed by atoms with van der Waals surface area (Å²) < 4.78 is 0. The van der Waals surface area contributed by atoms with E-state index in [-0.39, 0.29) is 0 Å². The molecule has 2 fully saturated rings. The van der Waals surface area contributed by atoms with Crippen molar-refractivity contribution in [2.24, 2.45) is 0 Å². The first kappa shape index (κ1) is 19.5. The normalized spacial score (nSPS) is 40.2. The van der Waals surface area contributed by atoms with Crippen LogP contribution in [0.3, 0.4) is 0 Å². The van der Waals surface area contributed by atoms with Gasteiger partial charge in [0, 0.05) is 5.92 Å². The number of hydrogen-bond acceptors (Lipinski definition) is 6. The van der Waals surface area contributed by atoms with E-state index in [1.807, 2.05) is 19.1 Å². The van der Waals surface area contributed by atoms with Gasteiger partial charge in [0.25, 0.3) is 0 Å². The number of aliphatic hydroxyl groups is 6. The van der Waals surface area contributed by atoms with Crippen LogP contribution in [-0.2, 0) is 0 Å². The smallest absolute Gasteiger partial charge is 0.138 e. The lowest BCUT2D eigenvalue weighted by Gasteiger charge is -2.80. The number of aryl methyl sites for hydroxylation is 2. The van der Waals surface area contributed by atoms with Crippen molar-refractivity contribution in [1.82, 2.24) is 0 Å². The minimum atomic E-state index is -2.24. The molecular formula is C22H26O6. The van der Waals surface area contributed by atoms with E-state index in [0.717, 1.165) is 11.1 Å². The van der Waals surface area contributed by atoms with Gasteiger partial charge in [-0.15, -0.1) is 0 Å². The molecule has 6 nitrogen and oxygen atoms in total. The molecule has 2 aromatic carbocycles. The highest BCUT2D eigenvalue weighted by Gasteiger charge is 2.93. The summed E-state index contributed by atoms with van der Waals surface area (Å²) in [6, 6.07) is 14.0. The van der Waals surface area contributed by atoms with Crippen LogP contribution in [0.2, 0.25) is 0 Å². The average Bonchev–Trinajstić information content (AvgIpc) is 2.69. The zero-order valence-electron chi connectivity index (χ0n) is 15.8. The standard InChI is InChI=1S/C22H26O6/c1-12-7-9-14(10-8-12)17-19(25)21(27)18(15-6-4-3-5-13(15)2)20(26,16(24)11-23)22(17,21)28/h3-10,16-19,23-28H,11H2,1-2H3/t16-,17?,18?,19?,20+,21+,22+/m1/s1. The summed E-state index contributed by atoms with van der Waals surface area (Å²) in [4.78, 5) is 0. The molecule has 150 valence electrons. The summed E-state index contributed by atoms with van der Waals surface area (Å²) in [6.45, 7) is 2.88. The Bertz CT molecular complexity index is 898. The molecule has 2 aromatic rings. The molecule has 0 radical (unpaired) electrons. The van der Waals surface area contributed by atoms with Crippen molar-refractivity contribution >= 4 is 0 Å². The molecule has 6 N–H and O–H groups in total. The van der Waals surface area contributed by atoms with Crippen LogP contribution in [-0.4, -0.2) is 66.3 Å². The first-order valence-electron chi connectivity index (χ1n) is 9.41. The predicted molar refractivity (Wildman–Crippen MR) is 102 cm³/mol. The van der Waals surface area contributed by atoms with E-state index in [0.29, 0.717) is 11.1 Å². The van der Waals surface area contributed by atoms with E-state index in [2.05, 4.69) is 0 Å². The van der Waals surface area contributed by atoms with Gasteiger partial charge in [-0.05, 0) is 30.5 Å². The van der Waals surface area contributed by atoms with Crippen molar-refractivity contribution in [3.8, 4) is 0 Å². The zero-order chi connectivity index (χ0) is 20.5. The third-order valence-corrected chi connectivity index (χ3v) is 6.93. The van der Waals surface area contributed by atoms with Crippen LogP contribution < -0.4 is 0 Å². The third kappa shape index (κ3) is 1.98. The van der Waals surface area contributed by atoms with Gasteiger partial charge in [0.05, 0.1) is 18.6 Å². The van der Waals surface area contributed by atoms with Gasteiger partial charge in [0.1, 0.15) is 22.9 Å². The van der Waals surface area contributed by atoms with Crippen LogP contribution in [0.4, 0.5) is 0 Å². The Kier molecular flexibility index (Phi) is 4.25. The van der Waals surface area contributed by atoms with E-state index < -0.39 is 47.5 Å². The van der Waals surface area contributed by atoms with Crippen LogP contribution in [0.5, 0.6) is 0 Å². The number of benzene rings is 2. The van der Waals surface area contributed by atoms with Gasteiger partial charge in [0.2, 0.25) is 0 Å². The molecule has 0 saturated heterocycles. The summed E-state index contributed by atoms with van der Waals surface area (Å²) >= 11 is 0. The fraction of sp³-hybridized carbons (Fsp3) is 0.455. The fourth-order valence-corrected chi connectivity index (χ4v) is 5.47. The SMILES string of the molecule is Cc1ccc(C2C(O)[C@@]3(O)C(c4ccccc4C)[C@@](O)([C@H](O)CO)[C@@]23O)cc1. The molecule has 0 aromatic heterocycles. The van der Waals surface area contributed by atoms with Crippen molar-refractivity contribution in [3.63, 3.8) is 0 Å². The van der Waals surface area contributed by atoms with Gasteiger partial charge in [-0.2, -0.15) is 0 Å². The fourth-order valence-electron chi connectivity index (χ4n) is 5.47. The van der Waals surface area contributed by atoms with E-state index >= 15 is 0 Å².